The lowest BCUT2D eigenvalue weighted by molar-refractivity contribution is -0.935. The third-order valence-electron chi connectivity index (χ3n) is 9.48. The monoisotopic (exact) mass is 624 g/mol. The van der Waals surface area contributed by atoms with Gasteiger partial charge in [0.25, 0.3) is 0 Å². The molecule has 0 aliphatic heterocycles. The largest absolute Gasteiger partial charge is 0.550 e. The quantitative estimate of drug-likeness (QED) is 0.0442. The van der Waals surface area contributed by atoms with Gasteiger partial charge < -0.3 is 24.6 Å². The van der Waals surface area contributed by atoms with Gasteiger partial charge in [-0.2, -0.15) is 0 Å². The van der Waals surface area contributed by atoms with Crippen LogP contribution in [0.25, 0.3) is 0 Å². The summed E-state index contributed by atoms with van der Waals surface area (Å²) in [5.41, 5.74) is 0. The fourth-order valence-corrected chi connectivity index (χ4v) is 6.44. The molecule has 0 bridgehead atoms. The zero-order valence-corrected chi connectivity index (χ0v) is 29.0. The Labute approximate surface area is 270 Å². The van der Waals surface area contributed by atoms with Crippen molar-refractivity contribution in [3.63, 3.8) is 0 Å². The smallest absolute Gasteiger partial charge is 0.312 e. The second-order valence-electron chi connectivity index (χ2n) is 13.3. The van der Waals surface area contributed by atoms with E-state index < -0.39 is 35.7 Å². The molecule has 0 aromatic carbocycles. The number of quaternary nitrogens is 1. The predicted molar refractivity (Wildman–Crippen MR) is 179 cm³/mol. The van der Waals surface area contributed by atoms with Gasteiger partial charge in [0.1, 0.15) is 11.8 Å². The Morgan fingerprint density at radius 3 is 1.23 bits per heavy atom. The third kappa shape index (κ3) is 21.0. The molecule has 0 saturated heterocycles. The fourth-order valence-electron chi connectivity index (χ4n) is 6.44. The highest BCUT2D eigenvalue weighted by Gasteiger charge is 2.39. The maximum absolute atomic E-state index is 12.0. The van der Waals surface area contributed by atoms with Gasteiger partial charge in [-0.15, -0.1) is 0 Å². The lowest BCUT2D eigenvalue weighted by atomic mass is 9.95. The maximum atomic E-state index is 12.0. The number of rotatable bonds is 32. The average Bonchev–Trinajstić information content (AvgIpc) is 2.99. The highest BCUT2D eigenvalue weighted by atomic mass is 16.4. The van der Waals surface area contributed by atoms with Crippen LogP contribution in [0.3, 0.4) is 0 Å². The molecule has 0 amide bonds. The van der Waals surface area contributed by atoms with Crippen LogP contribution in [0.4, 0.5) is 0 Å². The molecule has 0 spiro atoms. The molecule has 0 aromatic heterocycles. The molecule has 44 heavy (non-hydrogen) atoms. The summed E-state index contributed by atoms with van der Waals surface area (Å²) in [6.45, 7) is 9.02. The number of allylic oxidation sites excluding steroid dienone is 2. The first kappa shape index (κ1) is 42.1. The van der Waals surface area contributed by atoms with E-state index in [4.69, 9.17) is 0 Å². The lowest BCUT2D eigenvalue weighted by Gasteiger charge is -2.44. The Hall–Kier alpha value is -1.89. The summed E-state index contributed by atoms with van der Waals surface area (Å²) in [7, 11) is 0. The molecule has 3 atom stereocenters. The number of carbonyl (C=O) groups excluding carboxylic acids is 1. The second-order valence-corrected chi connectivity index (χ2v) is 13.3. The van der Waals surface area contributed by atoms with Crippen LogP contribution in [0.15, 0.2) is 12.2 Å². The molecular formula is C37H69NO6. The fraction of sp³-hybridized carbons (Fsp3) is 0.865. The minimum atomic E-state index is -1.14. The van der Waals surface area contributed by atoms with Crippen LogP contribution < -0.4 is 5.11 Å². The van der Waals surface area contributed by atoms with Crippen molar-refractivity contribution < 1.29 is 34.2 Å². The van der Waals surface area contributed by atoms with E-state index in [-0.39, 0.29) is 24.1 Å². The topological polar surface area (TPSA) is 115 Å². The molecule has 7 heteroatoms. The number of hydrogen-bond acceptors (Lipinski definition) is 4. The Kier molecular flexibility index (Phi) is 26.2. The van der Waals surface area contributed by atoms with Crippen LogP contribution in [0, 0.1) is 17.8 Å². The number of nitrogens with zero attached hydrogens (tertiary/aromatic N) is 1. The summed E-state index contributed by atoms with van der Waals surface area (Å²) in [4.78, 5) is 35.9. The number of unbranched alkanes of at least 4 members (excludes halogenated alkanes) is 16. The first-order valence-electron chi connectivity index (χ1n) is 18.3. The molecule has 3 unspecified atom stereocenters. The van der Waals surface area contributed by atoms with Gasteiger partial charge >= 0.3 is 11.9 Å². The number of carboxylic acid groups (broad SMARTS) is 3. The van der Waals surface area contributed by atoms with Crippen molar-refractivity contribution in [2.24, 2.45) is 17.8 Å². The zero-order chi connectivity index (χ0) is 33.1. The van der Waals surface area contributed by atoms with E-state index in [1.165, 1.54) is 77.0 Å². The molecular weight excluding hydrogens is 554 g/mol. The molecule has 0 aliphatic carbocycles. The van der Waals surface area contributed by atoms with Gasteiger partial charge in [-0.05, 0) is 57.8 Å². The molecule has 0 radical (unpaired) electrons. The first-order valence-corrected chi connectivity index (χ1v) is 18.3. The summed E-state index contributed by atoms with van der Waals surface area (Å²) in [6.07, 6.45) is 28.4. The summed E-state index contributed by atoms with van der Waals surface area (Å²) in [5, 5.41) is 31.5. The first-order chi connectivity index (χ1) is 21.2. The number of carbonyl (C=O) groups is 3. The molecule has 2 N–H and O–H groups in total. The second kappa shape index (κ2) is 27.4. The molecule has 0 fully saturated rings. The summed E-state index contributed by atoms with van der Waals surface area (Å²) in [5.74, 6) is -4.98. The van der Waals surface area contributed by atoms with E-state index in [0.29, 0.717) is 25.8 Å². The predicted octanol–water partition coefficient (Wildman–Crippen LogP) is 8.40. The molecule has 0 aromatic rings. The minimum absolute atomic E-state index is 0.209. The van der Waals surface area contributed by atoms with E-state index in [9.17, 15) is 29.7 Å². The average molecular weight is 624 g/mol. The molecule has 0 aliphatic rings. The van der Waals surface area contributed by atoms with E-state index in [1.54, 1.807) is 6.92 Å². The van der Waals surface area contributed by atoms with Crippen molar-refractivity contribution in [1.29, 1.82) is 0 Å². The van der Waals surface area contributed by atoms with Gasteiger partial charge in [-0.3, -0.25) is 9.59 Å². The summed E-state index contributed by atoms with van der Waals surface area (Å²) in [6, 6.07) is 0. The van der Waals surface area contributed by atoms with Crippen molar-refractivity contribution in [3.8, 4) is 0 Å². The molecule has 0 heterocycles. The van der Waals surface area contributed by atoms with Crippen molar-refractivity contribution in [2.45, 2.75) is 163 Å². The SMILES string of the molecule is CCCCCCCCCCCCCC/C=C/CCCCCC[N+](CC(CC)C(=O)[O-])(CC(CC)C(=O)O)CC(CC)C(=O)O. The molecule has 0 rings (SSSR count). The van der Waals surface area contributed by atoms with E-state index >= 15 is 0 Å². The van der Waals surface area contributed by atoms with Crippen molar-refractivity contribution >= 4 is 17.9 Å². The normalized spacial score (nSPS) is 15.2. The molecule has 0 saturated carbocycles. The molecule has 7 nitrogen and oxygen atoms in total. The van der Waals surface area contributed by atoms with E-state index in [2.05, 4.69) is 19.1 Å². The van der Waals surface area contributed by atoms with Gasteiger partial charge in [0, 0.05) is 5.92 Å². The highest BCUT2D eigenvalue weighted by Crippen LogP contribution is 2.25. The Bertz CT molecular complexity index is 707. The van der Waals surface area contributed by atoms with E-state index in [1.807, 2.05) is 13.8 Å². The van der Waals surface area contributed by atoms with E-state index in [0.717, 1.165) is 38.5 Å². The van der Waals surface area contributed by atoms with Gasteiger partial charge in [0.15, 0.2) is 0 Å². The standard InChI is InChI=1S/C37H69NO6/c1-5-9-10-11-12-13-14-15-16-17-18-19-20-21-22-23-24-25-26-27-28-38(29-32(6-2)35(39)40,30-33(7-3)36(41)42)31-34(8-4)37(43)44/h21-22,32-34H,5-20,23-31H2,1-4H3,(H2-,39,40,41,42,43,44)/b22-21+. The van der Waals surface area contributed by atoms with Gasteiger partial charge in [0.05, 0.1) is 32.1 Å². The minimum Gasteiger partial charge on any atom is -0.550 e. The van der Waals surface area contributed by atoms with Crippen LogP contribution in [-0.2, 0) is 14.4 Å². The lowest BCUT2D eigenvalue weighted by Crippen LogP contribution is -2.59. The summed E-state index contributed by atoms with van der Waals surface area (Å²) < 4.78 is 0.209. The van der Waals surface area contributed by atoms with Crippen LogP contribution in [-0.4, -0.2) is 58.8 Å². The van der Waals surface area contributed by atoms with Crippen LogP contribution in [0.5, 0.6) is 0 Å². The van der Waals surface area contributed by atoms with Crippen LogP contribution in [0.2, 0.25) is 0 Å². The van der Waals surface area contributed by atoms with Crippen molar-refractivity contribution in [3.05, 3.63) is 12.2 Å². The van der Waals surface area contributed by atoms with Crippen LogP contribution in [0.1, 0.15) is 163 Å². The van der Waals surface area contributed by atoms with Crippen molar-refractivity contribution in [2.75, 3.05) is 26.2 Å². The maximum Gasteiger partial charge on any atom is 0.312 e. The number of carboxylic acids is 3. The Balaban J connectivity index is 4.61. The van der Waals surface area contributed by atoms with Gasteiger partial charge in [-0.1, -0.05) is 117 Å². The zero-order valence-electron chi connectivity index (χ0n) is 29.0. The third-order valence-corrected chi connectivity index (χ3v) is 9.48. The summed E-state index contributed by atoms with van der Waals surface area (Å²) >= 11 is 0. The molecule has 258 valence electrons. The highest BCUT2D eigenvalue weighted by molar-refractivity contribution is 5.70. The number of aliphatic carboxylic acids is 3. The van der Waals surface area contributed by atoms with Crippen LogP contribution >= 0.6 is 0 Å². The Morgan fingerprint density at radius 2 is 0.886 bits per heavy atom. The number of hydrogen-bond donors (Lipinski definition) is 2. The Morgan fingerprint density at radius 1 is 0.545 bits per heavy atom. The van der Waals surface area contributed by atoms with Gasteiger partial charge in [0.2, 0.25) is 0 Å². The van der Waals surface area contributed by atoms with Crippen molar-refractivity contribution in [1.82, 2.24) is 0 Å². The van der Waals surface area contributed by atoms with Gasteiger partial charge in [-0.25, -0.2) is 0 Å².